The molecule has 2 atom stereocenters. The van der Waals surface area contributed by atoms with Crippen molar-refractivity contribution in [1.82, 2.24) is 14.8 Å². The number of aliphatic hydroxyl groups excluding tert-OH is 1. The molecule has 0 bridgehead atoms. The van der Waals surface area contributed by atoms with Crippen molar-refractivity contribution in [2.75, 3.05) is 0 Å². The molecule has 0 aliphatic heterocycles. The molecule has 0 spiro atoms. The Labute approximate surface area is 116 Å². The number of aliphatic hydroxyl groups is 1. The average Bonchev–Trinajstić information content (AvgIpc) is 2.81. The minimum absolute atomic E-state index is 0.154. The van der Waals surface area contributed by atoms with Gasteiger partial charge in [-0.3, -0.25) is 0 Å². The lowest BCUT2D eigenvalue weighted by Gasteiger charge is -2.32. The lowest BCUT2D eigenvalue weighted by molar-refractivity contribution is -0.188. The van der Waals surface area contributed by atoms with Gasteiger partial charge in [0.2, 0.25) is 0 Å². The summed E-state index contributed by atoms with van der Waals surface area (Å²) in [6.45, 7) is 2.18. The van der Waals surface area contributed by atoms with Gasteiger partial charge in [-0.05, 0) is 19.3 Å². The summed E-state index contributed by atoms with van der Waals surface area (Å²) < 4.78 is 41.2. The summed E-state index contributed by atoms with van der Waals surface area (Å²) in [7, 11) is 0. The lowest BCUT2D eigenvalue weighted by atomic mass is 9.78. The topological polar surface area (TPSA) is 50.9 Å². The van der Waals surface area contributed by atoms with Crippen molar-refractivity contribution in [2.45, 2.75) is 64.3 Å². The zero-order chi connectivity index (χ0) is 14.8. The van der Waals surface area contributed by atoms with Crippen LogP contribution < -0.4 is 0 Å². The molecule has 1 aromatic heterocycles. The highest BCUT2D eigenvalue weighted by Gasteiger charge is 2.47. The predicted octanol–water partition coefficient (Wildman–Crippen LogP) is 3.02. The van der Waals surface area contributed by atoms with Gasteiger partial charge < -0.3 is 9.67 Å². The van der Waals surface area contributed by atoms with Crippen molar-refractivity contribution in [3.8, 4) is 0 Å². The molecule has 114 valence electrons. The zero-order valence-corrected chi connectivity index (χ0v) is 11.5. The fourth-order valence-electron chi connectivity index (χ4n) is 3.04. The molecular weight excluding hydrogens is 271 g/mol. The normalized spacial score (nSPS) is 24.1. The molecule has 2 rings (SSSR count). The van der Waals surface area contributed by atoms with Crippen LogP contribution in [-0.2, 0) is 13.2 Å². The summed E-state index contributed by atoms with van der Waals surface area (Å²) in [5.74, 6) is -1.24. The van der Waals surface area contributed by atoms with Crippen LogP contribution in [0.5, 0.6) is 0 Å². The first-order valence-corrected chi connectivity index (χ1v) is 7.08. The Kier molecular flexibility index (Phi) is 4.67. The molecule has 4 nitrogen and oxygen atoms in total. The summed E-state index contributed by atoms with van der Waals surface area (Å²) in [6, 6.07) is 0. The fourth-order valence-corrected chi connectivity index (χ4v) is 3.04. The van der Waals surface area contributed by atoms with Gasteiger partial charge in [-0.2, -0.15) is 13.2 Å². The van der Waals surface area contributed by atoms with Crippen LogP contribution >= 0.6 is 0 Å². The van der Waals surface area contributed by atoms with Gasteiger partial charge in [-0.15, -0.1) is 10.2 Å². The zero-order valence-electron chi connectivity index (χ0n) is 11.5. The number of halogens is 3. The highest BCUT2D eigenvalue weighted by Crippen LogP contribution is 2.46. The van der Waals surface area contributed by atoms with Crippen LogP contribution in [0.25, 0.3) is 0 Å². The third-order valence-corrected chi connectivity index (χ3v) is 3.96. The van der Waals surface area contributed by atoms with Gasteiger partial charge in [0.1, 0.15) is 12.4 Å². The quantitative estimate of drug-likeness (QED) is 0.927. The smallest absolute Gasteiger partial charge is 0.388 e. The number of hydrogen-bond donors (Lipinski definition) is 1. The third-order valence-electron chi connectivity index (χ3n) is 3.96. The summed E-state index contributed by atoms with van der Waals surface area (Å²) >= 11 is 0. The largest absolute Gasteiger partial charge is 0.392 e. The third kappa shape index (κ3) is 2.97. The Balaban J connectivity index is 2.35. The van der Waals surface area contributed by atoms with E-state index in [1.807, 2.05) is 6.92 Å². The van der Waals surface area contributed by atoms with E-state index in [0.717, 1.165) is 12.8 Å². The second-order valence-electron chi connectivity index (χ2n) is 5.32. The van der Waals surface area contributed by atoms with Crippen LogP contribution in [0.4, 0.5) is 13.2 Å². The average molecular weight is 291 g/mol. The van der Waals surface area contributed by atoms with E-state index in [-0.39, 0.29) is 13.0 Å². The highest BCUT2D eigenvalue weighted by atomic mass is 19.4. The number of nitrogens with zero attached hydrogens (tertiary/aromatic N) is 3. The van der Waals surface area contributed by atoms with Gasteiger partial charge in [0.25, 0.3) is 0 Å². The Morgan fingerprint density at radius 3 is 2.55 bits per heavy atom. The van der Waals surface area contributed by atoms with Crippen LogP contribution in [0.2, 0.25) is 0 Å². The molecule has 2 unspecified atom stereocenters. The van der Waals surface area contributed by atoms with E-state index in [1.165, 1.54) is 0 Å². The second kappa shape index (κ2) is 6.11. The van der Waals surface area contributed by atoms with E-state index in [1.54, 1.807) is 4.57 Å². The maximum atomic E-state index is 13.2. The van der Waals surface area contributed by atoms with Gasteiger partial charge >= 0.3 is 6.18 Å². The van der Waals surface area contributed by atoms with Gasteiger partial charge in [-0.25, -0.2) is 0 Å². The molecule has 0 aromatic carbocycles. The van der Waals surface area contributed by atoms with E-state index in [2.05, 4.69) is 10.2 Å². The monoisotopic (exact) mass is 291 g/mol. The summed E-state index contributed by atoms with van der Waals surface area (Å²) in [5, 5.41) is 17.0. The van der Waals surface area contributed by atoms with Crippen LogP contribution in [0.3, 0.4) is 0 Å². The minimum Gasteiger partial charge on any atom is -0.388 e. The number of hydrogen-bond acceptors (Lipinski definition) is 3. The first-order valence-electron chi connectivity index (χ1n) is 7.08. The molecule has 20 heavy (non-hydrogen) atoms. The number of aromatic nitrogens is 3. The van der Waals surface area contributed by atoms with Gasteiger partial charge in [-0.1, -0.05) is 19.8 Å². The predicted molar refractivity (Wildman–Crippen MR) is 67.0 cm³/mol. The SMILES string of the molecule is CCCn1c(CO)nnc1C1CCCCC1C(F)(F)F. The van der Waals surface area contributed by atoms with E-state index >= 15 is 0 Å². The lowest BCUT2D eigenvalue weighted by Crippen LogP contribution is -2.33. The second-order valence-corrected chi connectivity index (χ2v) is 5.32. The number of alkyl halides is 3. The van der Waals surface area contributed by atoms with Crippen molar-refractivity contribution in [3.63, 3.8) is 0 Å². The van der Waals surface area contributed by atoms with Crippen molar-refractivity contribution in [3.05, 3.63) is 11.6 Å². The maximum Gasteiger partial charge on any atom is 0.392 e. The van der Waals surface area contributed by atoms with Crippen molar-refractivity contribution < 1.29 is 18.3 Å². The molecule has 0 radical (unpaired) electrons. The molecule has 1 aliphatic rings. The molecule has 1 heterocycles. The van der Waals surface area contributed by atoms with Crippen LogP contribution in [-0.4, -0.2) is 26.0 Å². The number of rotatable bonds is 4. The van der Waals surface area contributed by atoms with Crippen molar-refractivity contribution in [1.29, 1.82) is 0 Å². The standard InChI is InChI=1S/C13H20F3N3O/c1-2-7-19-11(8-20)17-18-12(19)9-5-3-4-6-10(9)13(14,15)16/h9-10,20H,2-8H2,1H3. The van der Waals surface area contributed by atoms with E-state index in [0.29, 0.717) is 31.0 Å². The molecule has 1 aromatic rings. The first kappa shape index (κ1) is 15.3. The summed E-state index contributed by atoms with van der Waals surface area (Å²) in [6.07, 6.45) is -1.41. The van der Waals surface area contributed by atoms with Crippen LogP contribution in [0.15, 0.2) is 0 Å². The van der Waals surface area contributed by atoms with E-state index in [9.17, 15) is 18.3 Å². The van der Waals surface area contributed by atoms with Gasteiger partial charge in [0, 0.05) is 12.5 Å². The van der Waals surface area contributed by atoms with E-state index < -0.39 is 18.0 Å². The Morgan fingerprint density at radius 2 is 1.95 bits per heavy atom. The fraction of sp³-hybridized carbons (Fsp3) is 0.846. The molecular formula is C13H20F3N3O. The molecule has 7 heteroatoms. The minimum atomic E-state index is -4.20. The van der Waals surface area contributed by atoms with Crippen LogP contribution in [0, 0.1) is 5.92 Å². The first-order chi connectivity index (χ1) is 9.49. The maximum absolute atomic E-state index is 13.2. The van der Waals surface area contributed by atoms with Gasteiger partial charge in [0.15, 0.2) is 5.82 Å². The summed E-state index contributed by atoms with van der Waals surface area (Å²) in [5.41, 5.74) is 0. The van der Waals surface area contributed by atoms with Crippen LogP contribution in [0.1, 0.15) is 56.6 Å². The van der Waals surface area contributed by atoms with Crippen molar-refractivity contribution in [2.24, 2.45) is 5.92 Å². The highest BCUT2D eigenvalue weighted by molar-refractivity contribution is 5.06. The Hall–Kier alpha value is -1.11. The molecule has 0 amide bonds. The summed E-state index contributed by atoms with van der Waals surface area (Å²) in [4.78, 5) is 0. The molecule has 1 saturated carbocycles. The van der Waals surface area contributed by atoms with E-state index in [4.69, 9.17) is 0 Å². The molecule has 1 N–H and O–H groups in total. The van der Waals surface area contributed by atoms with Crippen molar-refractivity contribution >= 4 is 0 Å². The molecule has 1 fully saturated rings. The Morgan fingerprint density at radius 1 is 1.25 bits per heavy atom. The van der Waals surface area contributed by atoms with Gasteiger partial charge in [0.05, 0.1) is 5.92 Å². The molecule has 1 aliphatic carbocycles. The molecule has 0 saturated heterocycles. The Bertz CT molecular complexity index is 445.